The number of furan rings is 1. The number of rotatable bonds is 2. The van der Waals surface area contributed by atoms with Gasteiger partial charge >= 0.3 is 0 Å². The monoisotopic (exact) mass is 244 g/mol. The van der Waals surface area contributed by atoms with Crippen molar-refractivity contribution >= 4 is 15.9 Å². The molecule has 1 fully saturated rings. The molecular formula is C10H13BrO2. The molecule has 2 atom stereocenters. The van der Waals surface area contributed by atoms with Crippen LogP contribution in [0.4, 0.5) is 0 Å². The molecule has 2 nitrogen and oxygen atoms in total. The van der Waals surface area contributed by atoms with Gasteiger partial charge in [0.15, 0.2) is 0 Å². The molecule has 0 amide bonds. The van der Waals surface area contributed by atoms with Crippen LogP contribution >= 0.6 is 15.9 Å². The smallest absolute Gasteiger partial charge is 0.132 e. The van der Waals surface area contributed by atoms with Crippen LogP contribution in [0.2, 0.25) is 0 Å². The Kier molecular flexibility index (Phi) is 2.47. The summed E-state index contributed by atoms with van der Waals surface area (Å²) in [4.78, 5) is 0. The lowest BCUT2D eigenvalue weighted by Crippen LogP contribution is -2.24. The third kappa shape index (κ3) is 1.81. The summed E-state index contributed by atoms with van der Waals surface area (Å²) in [6.45, 7) is 2.13. The molecule has 0 aromatic carbocycles. The van der Waals surface area contributed by atoms with Crippen molar-refractivity contribution in [1.29, 1.82) is 0 Å². The Hall–Kier alpha value is -0.280. The highest BCUT2D eigenvalue weighted by Gasteiger charge is 2.36. The van der Waals surface area contributed by atoms with Crippen molar-refractivity contribution in [2.45, 2.75) is 31.5 Å². The summed E-state index contributed by atoms with van der Waals surface area (Å²) in [5.74, 6) is 0.949. The standard InChI is InChI=1S/C10H13BrO2/c1-10(7-11)5-4-9(13-10)8-3-2-6-12-8/h2-3,6,9H,4-5,7H2,1H3. The highest BCUT2D eigenvalue weighted by Crippen LogP contribution is 2.40. The lowest BCUT2D eigenvalue weighted by Gasteiger charge is -2.21. The van der Waals surface area contributed by atoms with Crippen molar-refractivity contribution in [3.8, 4) is 0 Å². The van der Waals surface area contributed by atoms with Gasteiger partial charge in [0.25, 0.3) is 0 Å². The van der Waals surface area contributed by atoms with Crippen LogP contribution in [0.5, 0.6) is 0 Å². The predicted molar refractivity (Wildman–Crippen MR) is 54.0 cm³/mol. The minimum absolute atomic E-state index is 0.0164. The van der Waals surface area contributed by atoms with E-state index in [4.69, 9.17) is 9.15 Å². The predicted octanol–water partition coefficient (Wildman–Crippen LogP) is 3.28. The molecule has 1 aromatic rings. The van der Waals surface area contributed by atoms with Gasteiger partial charge in [0.05, 0.1) is 11.9 Å². The Labute approximate surface area is 86.4 Å². The summed E-state index contributed by atoms with van der Waals surface area (Å²) in [6.07, 6.45) is 3.99. The maximum Gasteiger partial charge on any atom is 0.132 e. The van der Waals surface area contributed by atoms with Crippen LogP contribution in [0.15, 0.2) is 22.8 Å². The SMILES string of the molecule is CC1(CBr)CCC(c2ccco2)O1. The van der Waals surface area contributed by atoms with Gasteiger partial charge in [-0.2, -0.15) is 0 Å². The molecule has 0 radical (unpaired) electrons. The molecule has 1 saturated heterocycles. The van der Waals surface area contributed by atoms with E-state index in [1.54, 1.807) is 6.26 Å². The van der Waals surface area contributed by atoms with Crippen LogP contribution < -0.4 is 0 Å². The fourth-order valence-corrected chi connectivity index (χ4v) is 2.08. The first-order valence-corrected chi connectivity index (χ1v) is 5.63. The normalized spacial score (nSPS) is 33.8. The molecular weight excluding hydrogens is 232 g/mol. The molecule has 13 heavy (non-hydrogen) atoms. The zero-order valence-corrected chi connectivity index (χ0v) is 9.21. The van der Waals surface area contributed by atoms with Gasteiger partial charge < -0.3 is 9.15 Å². The van der Waals surface area contributed by atoms with E-state index in [1.165, 1.54) is 0 Å². The van der Waals surface area contributed by atoms with Crippen LogP contribution in [0.1, 0.15) is 31.6 Å². The van der Waals surface area contributed by atoms with Crippen molar-refractivity contribution in [3.63, 3.8) is 0 Å². The second kappa shape index (κ2) is 3.46. The molecule has 2 rings (SSSR count). The Balaban J connectivity index is 2.07. The second-order valence-electron chi connectivity index (χ2n) is 3.74. The molecule has 0 aliphatic carbocycles. The second-order valence-corrected chi connectivity index (χ2v) is 4.30. The Bertz CT molecular complexity index is 270. The van der Waals surface area contributed by atoms with E-state index < -0.39 is 0 Å². The largest absolute Gasteiger partial charge is 0.467 e. The summed E-state index contributed by atoms with van der Waals surface area (Å²) in [5, 5.41) is 0.886. The first-order chi connectivity index (χ1) is 6.23. The van der Waals surface area contributed by atoms with Crippen LogP contribution in [-0.4, -0.2) is 10.9 Å². The Morgan fingerprint density at radius 2 is 2.54 bits per heavy atom. The summed E-state index contributed by atoms with van der Waals surface area (Å²) in [5.41, 5.74) is -0.0164. The molecule has 0 saturated carbocycles. The fraction of sp³-hybridized carbons (Fsp3) is 0.600. The number of hydrogen-bond acceptors (Lipinski definition) is 2. The van der Waals surface area contributed by atoms with Gasteiger partial charge in [0, 0.05) is 5.33 Å². The van der Waals surface area contributed by atoms with Crippen LogP contribution in [0.3, 0.4) is 0 Å². The van der Waals surface area contributed by atoms with E-state index in [-0.39, 0.29) is 11.7 Å². The highest BCUT2D eigenvalue weighted by atomic mass is 79.9. The molecule has 0 spiro atoms. The number of ether oxygens (including phenoxy) is 1. The first-order valence-electron chi connectivity index (χ1n) is 4.51. The van der Waals surface area contributed by atoms with E-state index >= 15 is 0 Å². The van der Waals surface area contributed by atoms with Gasteiger partial charge in [-0.1, -0.05) is 15.9 Å². The zero-order valence-electron chi connectivity index (χ0n) is 7.63. The van der Waals surface area contributed by atoms with Gasteiger partial charge in [0.1, 0.15) is 11.9 Å². The lowest BCUT2D eigenvalue weighted by molar-refractivity contribution is -0.0209. The van der Waals surface area contributed by atoms with E-state index in [2.05, 4.69) is 22.9 Å². The molecule has 2 heterocycles. The van der Waals surface area contributed by atoms with Gasteiger partial charge in [-0.25, -0.2) is 0 Å². The van der Waals surface area contributed by atoms with E-state index in [9.17, 15) is 0 Å². The highest BCUT2D eigenvalue weighted by molar-refractivity contribution is 9.09. The third-order valence-electron chi connectivity index (χ3n) is 2.51. The average Bonchev–Trinajstić information content (AvgIpc) is 2.73. The summed E-state index contributed by atoms with van der Waals surface area (Å²) < 4.78 is 11.2. The Morgan fingerprint density at radius 1 is 1.69 bits per heavy atom. The number of hydrogen-bond donors (Lipinski definition) is 0. The third-order valence-corrected chi connectivity index (χ3v) is 3.69. The molecule has 1 aromatic heterocycles. The van der Waals surface area contributed by atoms with E-state index in [0.717, 1.165) is 23.9 Å². The van der Waals surface area contributed by atoms with Crippen molar-refractivity contribution in [2.75, 3.05) is 5.33 Å². The summed E-state index contributed by atoms with van der Waals surface area (Å²) in [6, 6.07) is 3.88. The van der Waals surface area contributed by atoms with Crippen LogP contribution in [0.25, 0.3) is 0 Å². The molecule has 1 aliphatic heterocycles. The van der Waals surface area contributed by atoms with Crippen LogP contribution in [0, 0.1) is 0 Å². The van der Waals surface area contributed by atoms with Gasteiger partial charge in [0.2, 0.25) is 0 Å². The molecule has 72 valence electrons. The topological polar surface area (TPSA) is 22.4 Å². The van der Waals surface area contributed by atoms with Gasteiger partial charge in [-0.15, -0.1) is 0 Å². The van der Waals surface area contributed by atoms with Gasteiger partial charge in [-0.05, 0) is 31.9 Å². The molecule has 0 bridgehead atoms. The average molecular weight is 245 g/mol. The molecule has 0 N–H and O–H groups in total. The maximum absolute atomic E-state index is 5.90. The van der Waals surface area contributed by atoms with Crippen molar-refractivity contribution in [1.82, 2.24) is 0 Å². The van der Waals surface area contributed by atoms with Crippen molar-refractivity contribution < 1.29 is 9.15 Å². The van der Waals surface area contributed by atoms with E-state index in [0.29, 0.717) is 0 Å². The Morgan fingerprint density at radius 3 is 3.08 bits per heavy atom. The first kappa shape index (κ1) is 9.28. The number of halogens is 1. The zero-order chi connectivity index (χ0) is 9.31. The molecule has 1 aliphatic rings. The quantitative estimate of drug-likeness (QED) is 0.746. The van der Waals surface area contributed by atoms with Crippen molar-refractivity contribution in [2.24, 2.45) is 0 Å². The molecule has 3 heteroatoms. The fourth-order valence-electron chi connectivity index (χ4n) is 1.67. The minimum atomic E-state index is -0.0164. The summed E-state index contributed by atoms with van der Waals surface area (Å²) >= 11 is 3.47. The van der Waals surface area contributed by atoms with Gasteiger partial charge in [-0.3, -0.25) is 0 Å². The molecule has 2 unspecified atom stereocenters. The number of alkyl halides is 1. The lowest BCUT2D eigenvalue weighted by atomic mass is 10.1. The van der Waals surface area contributed by atoms with E-state index in [1.807, 2.05) is 12.1 Å². The van der Waals surface area contributed by atoms with Crippen molar-refractivity contribution in [3.05, 3.63) is 24.2 Å². The summed E-state index contributed by atoms with van der Waals surface area (Å²) in [7, 11) is 0. The van der Waals surface area contributed by atoms with Crippen LogP contribution in [-0.2, 0) is 4.74 Å². The minimum Gasteiger partial charge on any atom is -0.467 e. The maximum atomic E-state index is 5.90.